The van der Waals surface area contributed by atoms with Gasteiger partial charge in [-0.15, -0.1) is 0 Å². The third kappa shape index (κ3) is 4.96. The molecule has 280 valence electrons. The molecule has 0 amide bonds. The number of esters is 1. The first kappa shape index (κ1) is 36.1. The van der Waals surface area contributed by atoms with Crippen molar-refractivity contribution in [2.75, 3.05) is 46.9 Å². The maximum absolute atomic E-state index is 15.1. The zero-order valence-corrected chi connectivity index (χ0v) is 33.6. The fourth-order valence-electron chi connectivity index (χ4n) is 13.7. The molecule has 0 unspecified atom stereocenters. The van der Waals surface area contributed by atoms with E-state index in [0.29, 0.717) is 18.2 Å². The molecule has 0 radical (unpaired) electrons. The zero-order valence-electron chi connectivity index (χ0n) is 33.6. The van der Waals surface area contributed by atoms with Gasteiger partial charge in [-0.25, -0.2) is 0 Å². The van der Waals surface area contributed by atoms with E-state index in [2.05, 4.69) is 112 Å². The number of piperazine rings is 1. The summed E-state index contributed by atoms with van der Waals surface area (Å²) < 4.78 is 7.91. The Bertz CT molecular complexity index is 1900. The van der Waals surface area contributed by atoms with E-state index in [-0.39, 0.29) is 44.9 Å². The lowest BCUT2D eigenvalue weighted by Gasteiger charge is -2.70. The molecule has 5 aliphatic carbocycles. The Kier molecular flexibility index (Phi) is 8.38. The average Bonchev–Trinajstić information content (AvgIpc) is 3.42. The molecule has 0 N–H and O–H groups in total. The predicted molar refractivity (Wildman–Crippen MR) is 209 cm³/mol. The molecule has 3 saturated carbocycles. The van der Waals surface area contributed by atoms with E-state index in [0.717, 1.165) is 84.1 Å². The first-order valence-electron chi connectivity index (χ1n) is 20.3. The first-order valence-corrected chi connectivity index (χ1v) is 20.3. The number of aromatic nitrogens is 1. The van der Waals surface area contributed by atoms with Crippen LogP contribution in [0.1, 0.15) is 105 Å². The Morgan fingerprint density at radius 2 is 1.60 bits per heavy atom. The molecule has 4 fully saturated rings. The van der Waals surface area contributed by atoms with Crippen LogP contribution in [-0.4, -0.2) is 73.0 Å². The van der Waals surface area contributed by atoms with Crippen LogP contribution in [0.4, 0.5) is 0 Å². The molecule has 52 heavy (non-hydrogen) atoms. The summed E-state index contributed by atoms with van der Waals surface area (Å²) in [5, 5.41) is 1.34. The van der Waals surface area contributed by atoms with Gasteiger partial charge in [0.2, 0.25) is 0 Å². The van der Waals surface area contributed by atoms with Gasteiger partial charge in [-0.2, -0.15) is 0 Å². The number of methoxy groups -OCH3 is 1. The normalized spacial score (nSPS) is 39.9. The number of hydrogen-bond acceptors (Lipinski definition) is 5. The smallest absolute Gasteiger partial charge is 0.311 e. The van der Waals surface area contributed by atoms with Gasteiger partial charge in [-0.05, 0) is 117 Å². The van der Waals surface area contributed by atoms with Crippen molar-refractivity contribution in [3.63, 3.8) is 0 Å². The lowest BCUT2D eigenvalue weighted by molar-refractivity contribution is -0.174. The number of hydrogen-bond donors (Lipinski definition) is 0. The van der Waals surface area contributed by atoms with Gasteiger partial charge in [-0.3, -0.25) is 14.5 Å². The average molecular weight is 706 g/mol. The largest absolute Gasteiger partial charge is 0.469 e. The summed E-state index contributed by atoms with van der Waals surface area (Å²) >= 11 is 0. The lowest BCUT2D eigenvalue weighted by atomic mass is 9.33. The number of carbonyl (C=O) groups excluding carboxylic acids is 2. The van der Waals surface area contributed by atoms with Crippen LogP contribution in [0.25, 0.3) is 10.9 Å². The molecule has 1 aromatic carbocycles. The van der Waals surface area contributed by atoms with E-state index < -0.39 is 5.41 Å². The van der Waals surface area contributed by atoms with Crippen LogP contribution in [0, 0.1) is 56.7 Å². The third-order valence-electron chi connectivity index (χ3n) is 16.9. The second kappa shape index (κ2) is 12.1. The molecule has 6 heteroatoms. The molecule has 8 atom stereocenters. The number of fused-ring (bicyclic) bond motifs is 10. The third-order valence-corrected chi connectivity index (χ3v) is 16.9. The number of benzene rings is 1. The van der Waals surface area contributed by atoms with Gasteiger partial charge in [0.25, 0.3) is 0 Å². The lowest BCUT2D eigenvalue weighted by Crippen LogP contribution is -2.66. The molecule has 0 spiro atoms. The van der Waals surface area contributed by atoms with Gasteiger partial charge in [0, 0.05) is 54.1 Å². The van der Waals surface area contributed by atoms with Crippen molar-refractivity contribution in [3.8, 4) is 11.8 Å². The van der Waals surface area contributed by atoms with Gasteiger partial charge in [-0.1, -0.05) is 77.2 Å². The zero-order chi connectivity index (χ0) is 37.1. The summed E-state index contributed by atoms with van der Waals surface area (Å²) in [6.45, 7) is 22.9. The number of carbonyl (C=O) groups is 2. The fourth-order valence-corrected chi connectivity index (χ4v) is 13.7. The van der Waals surface area contributed by atoms with E-state index in [9.17, 15) is 4.79 Å². The van der Waals surface area contributed by atoms with Crippen LogP contribution < -0.4 is 0 Å². The SMILES string of the molecule is COC(=O)[C@@]1(C)CC[C@]2(C)CC[C@]3(C)C(=CC(=O)[C@@H]4[C@@]5(C)Cc6c(n(CC#CCN7CCN(C)CC7)c7ccccc67)C(C)(C)[C@@H]5CC[C@]43C)[C@@H]2C1. The summed E-state index contributed by atoms with van der Waals surface area (Å²) in [6.07, 6.45) is 10.1. The number of nitrogens with zero attached hydrogens (tertiary/aromatic N) is 3. The van der Waals surface area contributed by atoms with Crippen LogP contribution >= 0.6 is 0 Å². The summed E-state index contributed by atoms with van der Waals surface area (Å²) in [5.41, 5.74) is 4.58. The van der Waals surface area contributed by atoms with E-state index in [1.165, 1.54) is 34.8 Å². The summed E-state index contributed by atoms with van der Waals surface area (Å²) in [4.78, 5) is 33.2. The number of ether oxygens (including phenoxy) is 1. The van der Waals surface area contributed by atoms with Crippen molar-refractivity contribution in [2.24, 2.45) is 44.8 Å². The van der Waals surface area contributed by atoms with Crippen molar-refractivity contribution in [1.29, 1.82) is 0 Å². The topological polar surface area (TPSA) is 54.8 Å². The van der Waals surface area contributed by atoms with Gasteiger partial charge in [0.1, 0.15) is 0 Å². The molecule has 2 heterocycles. The Morgan fingerprint density at radius 1 is 0.904 bits per heavy atom. The molecule has 6 nitrogen and oxygen atoms in total. The summed E-state index contributed by atoms with van der Waals surface area (Å²) in [6, 6.07) is 8.96. The quantitative estimate of drug-likeness (QED) is 0.239. The van der Waals surface area contributed by atoms with Gasteiger partial charge < -0.3 is 14.2 Å². The number of likely N-dealkylation sites (N-methyl/N-ethyl adjacent to an activating group) is 1. The molecule has 0 bridgehead atoms. The maximum atomic E-state index is 15.1. The van der Waals surface area contributed by atoms with Crippen molar-refractivity contribution in [3.05, 3.63) is 47.2 Å². The second-order valence-electron chi connectivity index (χ2n) is 20.0. The Hall–Kier alpha value is -2.88. The van der Waals surface area contributed by atoms with Crippen molar-refractivity contribution < 1.29 is 14.3 Å². The van der Waals surface area contributed by atoms with Gasteiger partial charge >= 0.3 is 5.97 Å². The first-order chi connectivity index (χ1) is 24.5. The van der Waals surface area contributed by atoms with Crippen LogP contribution in [0.3, 0.4) is 0 Å². The molecule has 1 saturated heterocycles. The summed E-state index contributed by atoms with van der Waals surface area (Å²) in [7, 11) is 3.73. The van der Waals surface area contributed by atoms with E-state index >= 15 is 4.79 Å². The van der Waals surface area contributed by atoms with Crippen molar-refractivity contribution in [1.82, 2.24) is 14.4 Å². The monoisotopic (exact) mass is 705 g/mol. The standard InChI is InChI=1S/C46H63N3O3/c1-41(2)37-16-17-46(7)38(36(50)28-33-34-30-43(4,40(51)52-9)19-18-42(34,3)20-21-45(33,46)6)44(37,5)29-32-31-14-10-11-15-35(31)49(39(32)41)23-13-12-22-48-26-24-47(8)25-27-48/h10-11,14-15,28,34,37-38H,16-27,29-30H2,1-9H3/t34-,37-,38+,42+,43-,44-,45+,46+/m0/s1. The van der Waals surface area contributed by atoms with Crippen LogP contribution in [0.5, 0.6) is 0 Å². The molecule has 6 aliphatic rings. The molecule has 2 aromatic rings. The molecule has 8 rings (SSSR count). The van der Waals surface area contributed by atoms with Crippen LogP contribution in [0.2, 0.25) is 0 Å². The highest BCUT2D eigenvalue weighted by atomic mass is 16.5. The highest BCUT2D eigenvalue weighted by Gasteiger charge is 2.70. The van der Waals surface area contributed by atoms with Gasteiger partial charge in [0.15, 0.2) is 5.78 Å². The van der Waals surface area contributed by atoms with Crippen molar-refractivity contribution >= 4 is 22.7 Å². The molecule has 1 aromatic heterocycles. The Labute approximate surface area is 313 Å². The fraction of sp³-hybridized carbons (Fsp3) is 0.696. The number of para-hydroxylation sites is 1. The minimum atomic E-state index is -0.505. The van der Waals surface area contributed by atoms with Crippen LogP contribution in [0.15, 0.2) is 35.9 Å². The maximum Gasteiger partial charge on any atom is 0.311 e. The predicted octanol–water partition coefficient (Wildman–Crippen LogP) is 8.06. The minimum absolute atomic E-state index is 0.0506. The number of rotatable bonds is 3. The Balaban J connectivity index is 1.18. The summed E-state index contributed by atoms with van der Waals surface area (Å²) in [5.74, 6) is 7.95. The Morgan fingerprint density at radius 3 is 2.33 bits per heavy atom. The van der Waals surface area contributed by atoms with Crippen molar-refractivity contribution in [2.45, 2.75) is 112 Å². The van der Waals surface area contributed by atoms with E-state index in [1.807, 2.05) is 0 Å². The molecular formula is C46H63N3O3. The van der Waals surface area contributed by atoms with E-state index in [4.69, 9.17) is 4.74 Å². The minimum Gasteiger partial charge on any atom is -0.469 e. The highest BCUT2D eigenvalue weighted by Crippen LogP contribution is 2.75. The van der Waals surface area contributed by atoms with Gasteiger partial charge in [0.05, 0.1) is 25.6 Å². The number of ketones is 1. The molecule has 1 aliphatic heterocycles. The second-order valence-corrected chi connectivity index (χ2v) is 20.0. The highest BCUT2D eigenvalue weighted by molar-refractivity contribution is 5.96. The molecular weight excluding hydrogens is 643 g/mol. The van der Waals surface area contributed by atoms with Crippen LogP contribution in [-0.2, 0) is 32.7 Å². The number of allylic oxidation sites excluding steroid dienone is 2. The van der Waals surface area contributed by atoms with E-state index in [1.54, 1.807) is 0 Å².